The van der Waals surface area contributed by atoms with E-state index in [2.05, 4.69) is 11.6 Å². The van der Waals surface area contributed by atoms with Crippen molar-refractivity contribution in [3.05, 3.63) is 0 Å². The molecular formula is C6H11ClF3N. The lowest BCUT2D eigenvalue weighted by molar-refractivity contribution is -0.167. The normalized spacial score (nSPS) is 15.5. The van der Waals surface area contributed by atoms with Crippen molar-refractivity contribution in [3.63, 3.8) is 0 Å². The molecule has 0 aliphatic heterocycles. The van der Waals surface area contributed by atoms with E-state index in [1.807, 2.05) is 0 Å². The zero-order valence-corrected chi connectivity index (χ0v) is 7.21. The van der Waals surface area contributed by atoms with Gasteiger partial charge >= 0.3 is 6.05 Å². The first kappa shape index (κ1) is 11.0. The molecule has 68 valence electrons. The summed E-state index contributed by atoms with van der Waals surface area (Å²) in [7, 11) is 0. The lowest BCUT2D eigenvalue weighted by Crippen LogP contribution is -2.46. The van der Waals surface area contributed by atoms with Crippen molar-refractivity contribution < 1.29 is 13.2 Å². The molecule has 0 radical (unpaired) electrons. The smallest absolute Gasteiger partial charge is 0.241 e. The predicted octanol–water partition coefficient (Wildman–Crippen LogP) is 2.46. The summed E-state index contributed by atoms with van der Waals surface area (Å²) in [5.41, 5.74) is -2.64. The van der Waals surface area contributed by atoms with Gasteiger partial charge in [0.15, 0.2) is 0 Å². The van der Waals surface area contributed by atoms with Crippen LogP contribution in [0.1, 0.15) is 13.8 Å². The molecular weight excluding hydrogens is 179 g/mol. The number of halogens is 4. The van der Waals surface area contributed by atoms with Crippen LogP contribution in [0.5, 0.6) is 0 Å². The summed E-state index contributed by atoms with van der Waals surface area (Å²) in [6.45, 7) is 3.21. The van der Waals surface area contributed by atoms with Gasteiger partial charge in [0.2, 0.25) is 0 Å². The largest absolute Gasteiger partial charge is 0.349 e. The summed E-state index contributed by atoms with van der Waals surface area (Å²) in [5, 5.41) is 0. The molecule has 0 saturated carbocycles. The third kappa shape index (κ3) is 2.52. The van der Waals surface area contributed by atoms with Crippen molar-refractivity contribution in [2.24, 2.45) is 0 Å². The maximum Gasteiger partial charge on any atom is 0.349 e. The number of hydrogen-bond donors (Lipinski definition) is 0. The van der Waals surface area contributed by atoms with Crippen molar-refractivity contribution >= 4 is 11.6 Å². The first-order valence-corrected chi connectivity index (χ1v) is 3.81. The van der Waals surface area contributed by atoms with E-state index in [1.165, 1.54) is 13.8 Å². The van der Waals surface area contributed by atoms with Crippen LogP contribution in [-0.4, -0.2) is 29.7 Å². The molecule has 1 nitrogen and oxygen atoms in total. The van der Waals surface area contributed by atoms with Gasteiger partial charge in [0, 0.05) is 13.1 Å². The van der Waals surface area contributed by atoms with Gasteiger partial charge in [0.25, 0.3) is 5.63 Å². The number of hydrogen-bond acceptors (Lipinski definition) is 1. The van der Waals surface area contributed by atoms with Gasteiger partial charge < -0.3 is 0 Å². The standard InChI is InChI=1S/C6H11ClF3N/c1-3-11(4-2)6(9,10)5(7)8/h5H,3-4H2,1-2H3/t5-/m0/s1. The molecule has 0 bridgehead atoms. The van der Waals surface area contributed by atoms with Crippen molar-refractivity contribution in [2.75, 3.05) is 13.1 Å². The molecule has 0 aromatic heterocycles. The Bertz CT molecular complexity index is 114. The zero-order chi connectivity index (χ0) is 9.07. The third-order valence-corrected chi connectivity index (χ3v) is 1.71. The van der Waals surface area contributed by atoms with Gasteiger partial charge in [-0.2, -0.15) is 8.78 Å². The molecule has 0 aromatic rings. The molecule has 0 spiro atoms. The fourth-order valence-electron chi connectivity index (χ4n) is 0.783. The maximum atomic E-state index is 12.6. The minimum absolute atomic E-state index is 0.0800. The van der Waals surface area contributed by atoms with Crippen LogP contribution >= 0.6 is 11.6 Å². The van der Waals surface area contributed by atoms with Crippen LogP contribution in [0, 0.1) is 0 Å². The van der Waals surface area contributed by atoms with Gasteiger partial charge in [-0.05, 0) is 0 Å². The van der Waals surface area contributed by atoms with Gasteiger partial charge in [0.05, 0.1) is 0 Å². The van der Waals surface area contributed by atoms with Crippen LogP contribution in [0.25, 0.3) is 0 Å². The highest BCUT2D eigenvalue weighted by molar-refractivity contribution is 6.20. The second kappa shape index (κ2) is 4.16. The van der Waals surface area contributed by atoms with Crippen molar-refractivity contribution in [1.82, 2.24) is 4.90 Å². The molecule has 0 unspecified atom stereocenters. The first-order chi connectivity index (χ1) is 4.96. The lowest BCUT2D eigenvalue weighted by atomic mass is 10.4. The van der Waals surface area contributed by atoms with E-state index in [0.29, 0.717) is 4.90 Å². The summed E-state index contributed by atoms with van der Waals surface area (Å²) in [4.78, 5) is 0.671. The molecule has 1 atom stereocenters. The summed E-state index contributed by atoms with van der Waals surface area (Å²) >= 11 is 4.66. The second-order valence-electron chi connectivity index (χ2n) is 2.06. The number of nitrogens with zero attached hydrogens (tertiary/aromatic N) is 1. The summed E-state index contributed by atoms with van der Waals surface area (Å²) in [6, 6.07) is -3.55. The van der Waals surface area contributed by atoms with Crippen LogP contribution in [0.2, 0.25) is 0 Å². The minimum atomic E-state index is -3.55. The molecule has 0 heterocycles. The number of rotatable bonds is 4. The van der Waals surface area contributed by atoms with E-state index in [-0.39, 0.29) is 13.1 Å². The van der Waals surface area contributed by atoms with Crippen molar-refractivity contribution in [3.8, 4) is 0 Å². The topological polar surface area (TPSA) is 3.24 Å². The minimum Gasteiger partial charge on any atom is -0.241 e. The molecule has 0 aromatic carbocycles. The Morgan fingerprint density at radius 3 is 1.82 bits per heavy atom. The van der Waals surface area contributed by atoms with E-state index in [9.17, 15) is 13.2 Å². The summed E-state index contributed by atoms with van der Waals surface area (Å²) < 4.78 is 37.3. The Morgan fingerprint density at radius 2 is 1.73 bits per heavy atom. The molecule has 0 aliphatic rings. The fourth-order valence-corrected chi connectivity index (χ4v) is 0.921. The molecule has 0 saturated heterocycles. The third-order valence-electron chi connectivity index (χ3n) is 1.45. The quantitative estimate of drug-likeness (QED) is 0.485. The van der Waals surface area contributed by atoms with Crippen molar-refractivity contribution in [2.45, 2.75) is 25.5 Å². The van der Waals surface area contributed by atoms with E-state index in [0.717, 1.165) is 0 Å². The second-order valence-corrected chi connectivity index (χ2v) is 2.44. The zero-order valence-electron chi connectivity index (χ0n) is 6.45. The Balaban J connectivity index is 4.24. The monoisotopic (exact) mass is 189 g/mol. The summed E-state index contributed by atoms with van der Waals surface area (Å²) in [6.07, 6.45) is 0. The molecule has 5 heteroatoms. The molecule has 0 N–H and O–H groups in total. The van der Waals surface area contributed by atoms with Crippen LogP contribution in [0.3, 0.4) is 0 Å². The molecule has 0 amide bonds. The highest BCUT2D eigenvalue weighted by Gasteiger charge is 2.43. The van der Waals surface area contributed by atoms with E-state index in [4.69, 9.17) is 0 Å². The highest BCUT2D eigenvalue weighted by Crippen LogP contribution is 2.28. The van der Waals surface area contributed by atoms with E-state index >= 15 is 0 Å². The van der Waals surface area contributed by atoms with Gasteiger partial charge in [-0.3, -0.25) is 0 Å². The fraction of sp³-hybridized carbons (Fsp3) is 1.00. The van der Waals surface area contributed by atoms with Crippen LogP contribution < -0.4 is 0 Å². The Labute approximate surface area is 69.1 Å². The van der Waals surface area contributed by atoms with Gasteiger partial charge in [-0.25, -0.2) is 9.29 Å². The Morgan fingerprint density at radius 1 is 1.36 bits per heavy atom. The Kier molecular flexibility index (Phi) is 4.18. The molecule has 0 aliphatic carbocycles. The summed E-state index contributed by atoms with van der Waals surface area (Å²) in [5.74, 6) is 0. The average molecular weight is 190 g/mol. The SMILES string of the molecule is CCN(CC)C(F)(F)[C@H](F)Cl. The average Bonchev–Trinajstić information content (AvgIpc) is 1.89. The molecule has 0 fully saturated rings. The van der Waals surface area contributed by atoms with Crippen LogP contribution in [-0.2, 0) is 0 Å². The van der Waals surface area contributed by atoms with Crippen LogP contribution in [0.4, 0.5) is 13.2 Å². The molecule has 11 heavy (non-hydrogen) atoms. The first-order valence-electron chi connectivity index (χ1n) is 3.37. The number of alkyl halides is 4. The predicted molar refractivity (Wildman–Crippen MR) is 38.6 cm³/mol. The highest BCUT2D eigenvalue weighted by atomic mass is 35.5. The Hall–Kier alpha value is 0.0400. The van der Waals surface area contributed by atoms with Gasteiger partial charge in [-0.1, -0.05) is 25.4 Å². The van der Waals surface area contributed by atoms with E-state index < -0.39 is 11.7 Å². The maximum absolute atomic E-state index is 12.6. The van der Waals surface area contributed by atoms with Gasteiger partial charge in [0.1, 0.15) is 0 Å². The van der Waals surface area contributed by atoms with Gasteiger partial charge in [-0.15, -0.1) is 0 Å². The molecule has 0 rings (SSSR count). The lowest BCUT2D eigenvalue weighted by Gasteiger charge is -2.28. The van der Waals surface area contributed by atoms with Crippen molar-refractivity contribution in [1.29, 1.82) is 0 Å². The van der Waals surface area contributed by atoms with E-state index in [1.54, 1.807) is 0 Å². The van der Waals surface area contributed by atoms with Crippen LogP contribution in [0.15, 0.2) is 0 Å².